The zero-order valence-electron chi connectivity index (χ0n) is 14.1. The molecule has 24 heavy (non-hydrogen) atoms. The molecule has 6 nitrogen and oxygen atoms in total. The number of benzene rings is 2. The van der Waals surface area contributed by atoms with Crippen molar-refractivity contribution in [1.29, 1.82) is 0 Å². The summed E-state index contributed by atoms with van der Waals surface area (Å²) in [6.07, 6.45) is 0.670. The Balaban J connectivity index is 2.35. The minimum absolute atomic E-state index is 0.176. The Morgan fingerprint density at radius 3 is 2.08 bits per heavy atom. The van der Waals surface area contributed by atoms with Crippen LogP contribution in [0.2, 0.25) is 0 Å². The molecule has 0 aliphatic heterocycles. The number of anilines is 1. The number of sulfonamides is 1. The van der Waals surface area contributed by atoms with Crippen molar-refractivity contribution < 1.29 is 22.6 Å². The summed E-state index contributed by atoms with van der Waals surface area (Å²) in [6, 6.07) is 9.61. The van der Waals surface area contributed by atoms with E-state index in [1.54, 1.807) is 37.4 Å². The SMILES string of the molecule is CCc1cc(S(=O)(=O)Nc2ccc(OC)c(OC)c2)ccc1OC. The number of ether oxygens (including phenoxy) is 3. The van der Waals surface area contributed by atoms with E-state index in [-0.39, 0.29) is 4.90 Å². The van der Waals surface area contributed by atoms with Crippen molar-refractivity contribution in [2.24, 2.45) is 0 Å². The maximum Gasteiger partial charge on any atom is 0.261 e. The molecule has 130 valence electrons. The molecule has 0 saturated carbocycles. The van der Waals surface area contributed by atoms with E-state index < -0.39 is 10.0 Å². The highest BCUT2D eigenvalue weighted by atomic mass is 32.2. The zero-order chi connectivity index (χ0) is 17.7. The Labute approximate surface area is 142 Å². The highest BCUT2D eigenvalue weighted by molar-refractivity contribution is 7.92. The van der Waals surface area contributed by atoms with Crippen LogP contribution >= 0.6 is 0 Å². The van der Waals surface area contributed by atoms with Gasteiger partial charge in [0.25, 0.3) is 10.0 Å². The van der Waals surface area contributed by atoms with Crippen LogP contribution in [0.3, 0.4) is 0 Å². The van der Waals surface area contributed by atoms with Gasteiger partial charge in [0.2, 0.25) is 0 Å². The molecule has 0 saturated heterocycles. The normalized spacial score (nSPS) is 11.0. The summed E-state index contributed by atoms with van der Waals surface area (Å²) in [7, 11) is 0.855. The molecule has 2 aromatic rings. The maximum atomic E-state index is 12.6. The second-order valence-corrected chi connectivity index (χ2v) is 6.68. The number of hydrogen-bond donors (Lipinski definition) is 1. The van der Waals surface area contributed by atoms with E-state index in [2.05, 4.69) is 4.72 Å². The van der Waals surface area contributed by atoms with Gasteiger partial charge in [-0.15, -0.1) is 0 Å². The summed E-state index contributed by atoms with van der Waals surface area (Å²) in [5, 5.41) is 0. The van der Waals surface area contributed by atoms with Crippen molar-refractivity contribution >= 4 is 15.7 Å². The molecule has 7 heteroatoms. The largest absolute Gasteiger partial charge is 0.496 e. The first-order valence-electron chi connectivity index (χ1n) is 7.37. The lowest BCUT2D eigenvalue weighted by Crippen LogP contribution is -2.13. The highest BCUT2D eigenvalue weighted by Crippen LogP contribution is 2.31. The summed E-state index contributed by atoms with van der Waals surface area (Å²) in [4.78, 5) is 0.176. The van der Waals surface area contributed by atoms with Crippen molar-refractivity contribution in [3.05, 3.63) is 42.0 Å². The highest BCUT2D eigenvalue weighted by Gasteiger charge is 2.17. The van der Waals surface area contributed by atoms with Crippen molar-refractivity contribution in [3.63, 3.8) is 0 Å². The van der Waals surface area contributed by atoms with Crippen LogP contribution in [0.5, 0.6) is 17.2 Å². The molecule has 0 spiro atoms. The topological polar surface area (TPSA) is 73.9 Å². The fourth-order valence-electron chi connectivity index (χ4n) is 2.31. The second-order valence-electron chi connectivity index (χ2n) is 5.00. The number of methoxy groups -OCH3 is 3. The summed E-state index contributed by atoms with van der Waals surface area (Å²) in [6.45, 7) is 1.94. The number of rotatable bonds is 7. The van der Waals surface area contributed by atoms with E-state index in [0.29, 0.717) is 29.4 Å². The number of nitrogens with one attached hydrogen (secondary N) is 1. The third kappa shape index (κ3) is 3.73. The molecule has 0 amide bonds. The summed E-state index contributed by atoms with van der Waals surface area (Å²) < 4.78 is 43.3. The van der Waals surface area contributed by atoms with Gasteiger partial charge in [0, 0.05) is 6.07 Å². The van der Waals surface area contributed by atoms with Crippen molar-refractivity contribution in [1.82, 2.24) is 0 Å². The molecule has 0 fully saturated rings. The quantitative estimate of drug-likeness (QED) is 0.830. The summed E-state index contributed by atoms with van der Waals surface area (Å²) in [5.41, 5.74) is 1.22. The first kappa shape index (κ1) is 17.9. The Morgan fingerprint density at radius 1 is 0.875 bits per heavy atom. The molecule has 0 bridgehead atoms. The molecule has 0 unspecified atom stereocenters. The molecular formula is C17H21NO5S. The van der Waals surface area contributed by atoms with Crippen LogP contribution in [0.4, 0.5) is 5.69 Å². The first-order valence-corrected chi connectivity index (χ1v) is 8.85. The van der Waals surface area contributed by atoms with Crippen LogP contribution in [0.15, 0.2) is 41.3 Å². The molecular weight excluding hydrogens is 330 g/mol. The van der Waals surface area contributed by atoms with Crippen molar-refractivity contribution in [2.75, 3.05) is 26.1 Å². The maximum absolute atomic E-state index is 12.6. The van der Waals surface area contributed by atoms with E-state index in [1.165, 1.54) is 20.3 Å². The van der Waals surface area contributed by atoms with Gasteiger partial charge in [0.05, 0.1) is 31.9 Å². The monoisotopic (exact) mass is 351 g/mol. The van der Waals surface area contributed by atoms with E-state index >= 15 is 0 Å². The van der Waals surface area contributed by atoms with Crippen LogP contribution in [-0.2, 0) is 16.4 Å². The fourth-order valence-corrected chi connectivity index (χ4v) is 3.41. The van der Waals surface area contributed by atoms with Crippen LogP contribution in [-0.4, -0.2) is 29.7 Å². The third-order valence-corrected chi connectivity index (χ3v) is 4.96. The zero-order valence-corrected chi connectivity index (χ0v) is 14.9. The van der Waals surface area contributed by atoms with E-state index in [0.717, 1.165) is 5.56 Å². The molecule has 0 aliphatic carbocycles. The second kappa shape index (κ2) is 7.44. The molecule has 0 atom stereocenters. The van der Waals surface area contributed by atoms with Crippen molar-refractivity contribution in [3.8, 4) is 17.2 Å². The van der Waals surface area contributed by atoms with Gasteiger partial charge in [0.15, 0.2) is 11.5 Å². The molecule has 2 aromatic carbocycles. The van der Waals surface area contributed by atoms with E-state index in [9.17, 15) is 8.42 Å². The molecule has 0 aromatic heterocycles. The summed E-state index contributed by atoms with van der Waals surface area (Å²) >= 11 is 0. The lowest BCUT2D eigenvalue weighted by molar-refractivity contribution is 0.355. The van der Waals surface area contributed by atoms with Gasteiger partial charge in [-0.2, -0.15) is 0 Å². The number of hydrogen-bond acceptors (Lipinski definition) is 5. The fraction of sp³-hybridized carbons (Fsp3) is 0.294. The molecule has 0 radical (unpaired) electrons. The Kier molecular flexibility index (Phi) is 5.56. The first-order chi connectivity index (χ1) is 11.4. The standard InChI is InChI=1S/C17H21NO5S/c1-5-12-10-14(7-9-15(12)21-2)24(19,20)18-13-6-8-16(22-3)17(11-13)23-4/h6-11,18H,5H2,1-4H3. The van der Waals surface area contributed by atoms with Gasteiger partial charge in [-0.25, -0.2) is 8.42 Å². The average Bonchev–Trinajstić information content (AvgIpc) is 2.60. The van der Waals surface area contributed by atoms with Gasteiger partial charge in [-0.3, -0.25) is 4.72 Å². The van der Waals surface area contributed by atoms with Crippen LogP contribution in [0.1, 0.15) is 12.5 Å². The summed E-state index contributed by atoms with van der Waals surface area (Å²) in [5.74, 6) is 1.64. The van der Waals surface area contributed by atoms with E-state index in [1.807, 2.05) is 6.92 Å². The van der Waals surface area contributed by atoms with E-state index in [4.69, 9.17) is 14.2 Å². The van der Waals surface area contributed by atoms with Gasteiger partial charge in [0.1, 0.15) is 5.75 Å². The number of aryl methyl sites for hydroxylation is 1. The predicted molar refractivity (Wildman–Crippen MR) is 92.7 cm³/mol. The molecule has 0 aliphatic rings. The molecule has 0 heterocycles. The molecule has 1 N–H and O–H groups in total. The van der Waals surface area contributed by atoms with Crippen LogP contribution < -0.4 is 18.9 Å². The van der Waals surface area contributed by atoms with Gasteiger partial charge >= 0.3 is 0 Å². The smallest absolute Gasteiger partial charge is 0.261 e. The predicted octanol–water partition coefficient (Wildman–Crippen LogP) is 3.08. The lowest BCUT2D eigenvalue weighted by atomic mass is 10.1. The van der Waals surface area contributed by atoms with Crippen LogP contribution in [0.25, 0.3) is 0 Å². The lowest BCUT2D eigenvalue weighted by Gasteiger charge is -2.13. The Bertz CT molecular complexity index is 818. The van der Waals surface area contributed by atoms with Gasteiger partial charge < -0.3 is 14.2 Å². The molecule has 2 rings (SSSR count). The van der Waals surface area contributed by atoms with Gasteiger partial charge in [-0.1, -0.05) is 6.92 Å². The minimum Gasteiger partial charge on any atom is -0.496 e. The van der Waals surface area contributed by atoms with Crippen molar-refractivity contribution in [2.45, 2.75) is 18.2 Å². The third-order valence-electron chi connectivity index (χ3n) is 3.58. The van der Waals surface area contributed by atoms with Gasteiger partial charge in [-0.05, 0) is 42.3 Å². The average molecular weight is 351 g/mol. The minimum atomic E-state index is -3.72. The Hall–Kier alpha value is -2.41. The Morgan fingerprint density at radius 2 is 1.50 bits per heavy atom. The van der Waals surface area contributed by atoms with Crippen LogP contribution in [0, 0.1) is 0 Å².